The summed E-state index contributed by atoms with van der Waals surface area (Å²) in [6.45, 7) is 4.38. The molecule has 0 amide bonds. The highest BCUT2D eigenvalue weighted by molar-refractivity contribution is 14.0. The van der Waals surface area contributed by atoms with Crippen LogP contribution in [0.25, 0.3) is 0 Å². The minimum absolute atomic E-state index is 0. The molecule has 1 fully saturated rings. The van der Waals surface area contributed by atoms with E-state index in [1.54, 1.807) is 6.92 Å². The summed E-state index contributed by atoms with van der Waals surface area (Å²) in [4.78, 5) is 9.77. The van der Waals surface area contributed by atoms with E-state index in [-0.39, 0.29) is 36.6 Å². The van der Waals surface area contributed by atoms with Gasteiger partial charge >= 0.3 is 6.18 Å². The maximum absolute atomic E-state index is 12.4. The second-order valence-corrected chi connectivity index (χ2v) is 5.41. The summed E-state index contributed by atoms with van der Waals surface area (Å²) in [6.07, 6.45) is -3.52. The van der Waals surface area contributed by atoms with Crippen molar-refractivity contribution in [2.75, 3.05) is 26.2 Å². The Morgan fingerprint density at radius 3 is 2.79 bits per heavy atom. The van der Waals surface area contributed by atoms with E-state index in [0.717, 1.165) is 0 Å². The Morgan fingerprint density at radius 1 is 1.46 bits per heavy atom. The van der Waals surface area contributed by atoms with Gasteiger partial charge in [-0.15, -0.1) is 24.0 Å². The van der Waals surface area contributed by atoms with Crippen LogP contribution in [-0.2, 0) is 6.54 Å². The predicted octanol–water partition coefficient (Wildman–Crippen LogP) is 1.69. The third kappa shape index (κ3) is 7.20. The smallest absolute Gasteiger partial charge is 0.357 e. The molecule has 0 aliphatic carbocycles. The largest absolute Gasteiger partial charge is 0.401 e. The first kappa shape index (κ1) is 20.9. The number of hydrogen-bond acceptors (Lipinski definition) is 5. The number of likely N-dealkylation sites (tertiary alicyclic amines) is 1. The molecular weight excluding hydrogens is 440 g/mol. The predicted molar refractivity (Wildman–Crippen MR) is 93.3 cm³/mol. The van der Waals surface area contributed by atoms with E-state index >= 15 is 0 Å². The zero-order chi connectivity index (χ0) is 16.9. The highest BCUT2D eigenvalue weighted by Gasteiger charge is 2.34. The first-order valence-corrected chi connectivity index (χ1v) is 7.49. The molecule has 0 spiro atoms. The fourth-order valence-electron chi connectivity index (χ4n) is 2.42. The van der Waals surface area contributed by atoms with E-state index < -0.39 is 12.7 Å². The molecule has 0 bridgehead atoms. The SMILES string of the molecule is CCNC(=NCc1noc(C)n1)NC1CCN(CC(F)(F)F)C1.I. The van der Waals surface area contributed by atoms with Crippen LogP contribution in [0.4, 0.5) is 13.2 Å². The van der Waals surface area contributed by atoms with Crippen molar-refractivity contribution >= 4 is 29.9 Å². The zero-order valence-corrected chi connectivity index (χ0v) is 15.9. The number of hydrogen-bond donors (Lipinski definition) is 2. The highest BCUT2D eigenvalue weighted by atomic mass is 127. The van der Waals surface area contributed by atoms with Gasteiger partial charge in [-0.05, 0) is 13.3 Å². The Hall–Kier alpha value is -1.11. The van der Waals surface area contributed by atoms with Gasteiger partial charge in [-0.3, -0.25) is 4.90 Å². The number of nitrogens with zero attached hydrogens (tertiary/aromatic N) is 4. The molecule has 0 radical (unpaired) electrons. The lowest BCUT2D eigenvalue weighted by Crippen LogP contribution is -2.45. The molecule has 11 heteroatoms. The van der Waals surface area contributed by atoms with Crippen LogP contribution in [0.3, 0.4) is 0 Å². The number of aliphatic imine (C=N–C) groups is 1. The van der Waals surface area contributed by atoms with Crippen molar-refractivity contribution in [3.63, 3.8) is 0 Å². The summed E-state index contributed by atoms with van der Waals surface area (Å²) >= 11 is 0. The summed E-state index contributed by atoms with van der Waals surface area (Å²) in [5.74, 6) is 1.46. The van der Waals surface area contributed by atoms with Crippen LogP contribution in [0.2, 0.25) is 0 Å². The first-order valence-electron chi connectivity index (χ1n) is 7.49. The molecule has 0 saturated carbocycles. The molecule has 0 aromatic carbocycles. The van der Waals surface area contributed by atoms with Crippen LogP contribution in [0, 0.1) is 6.92 Å². The van der Waals surface area contributed by atoms with Gasteiger partial charge in [0.15, 0.2) is 11.8 Å². The van der Waals surface area contributed by atoms with Gasteiger partial charge in [0.05, 0.1) is 6.54 Å². The van der Waals surface area contributed by atoms with Crippen LogP contribution in [0.5, 0.6) is 0 Å². The van der Waals surface area contributed by atoms with Crippen LogP contribution in [-0.4, -0.2) is 59.4 Å². The number of nitrogens with one attached hydrogen (secondary N) is 2. The zero-order valence-electron chi connectivity index (χ0n) is 13.6. The van der Waals surface area contributed by atoms with E-state index in [2.05, 4.69) is 25.8 Å². The number of alkyl halides is 3. The van der Waals surface area contributed by atoms with E-state index in [4.69, 9.17) is 4.52 Å². The lowest BCUT2D eigenvalue weighted by atomic mass is 10.3. The van der Waals surface area contributed by atoms with Gasteiger partial charge in [0.1, 0.15) is 6.54 Å². The number of rotatable bonds is 5. The van der Waals surface area contributed by atoms with Crippen LogP contribution < -0.4 is 10.6 Å². The fourth-order valence-corrected chi connectivity index (χ4v) is 2.42. The van der Waals surface area contributed by atoms with E-state index in [1.165, 1.54) is 4.90 Å². The van der Waals surface area contributed by atoms with Gasteiger partial charge in [-0.2, -0.15) is 18.2 Å². The quantitative estimate of drug-likeness (QED) is 0.394. The lowest BCUT2D eigenvalue weighted by Gasteiger charge is -2.19. The summed E-state index contributed by atoms with van der Waals surface area (Å²) in [5.41, 5.74) is 0. The third-order valence-corrected chi connectivity index (χ3v) is 3.31. The van der Waals surface area contributed by atoms with Crippen molar-refractivity contribution < 1.29 is 17.7 Å². The monoisotopic (exact) mass is 462 g/mol. The highest BCUT2D eigenvalue weighted by Crippen LogP contribution is 2.19. The Bertz CT molecular complexity index is 536. The normalized spacial score (nSPS) is 19.2. The van der Waals surface area contributed by atoms with Crippen molar-refractivity contribution in [2.45, 2.75) is 39.0 Å². The molecule has 1 aromatic rings. The van der Waals surface area contributed by atoms with Gasteiger partial charge in [-0.25, -0.2) is 4.99 Å². The Kier molecular flexibility index (Phi) is 8.19. The number of aromatic nitrogens is 2. The van der Waals surface area contributed by atoms with Crippen LogP contribution in [0.1, 0.15) is 25.1 Å². The van der Waals surface area contributed by atoms with Gasteiger partial charge < -0.3 is 15.2 Å². The average Bonchev–Trinajstić information content (AvgIpc) is 3.04. The Morgan fingerprint density at radius 2 is 2.21 bits per heavy atom. The summed E-state index contributed by atoms with van der Waals surface area (Å²) < 4.78 is 42.1. The molecule has 7 nitrogen and oxygen atoms in total. The minimum Gasteiger partial charge on any atom is -0.357 e. The molecule has 1 atom stereocenters. The molecule has 2 heterocycles. The van der Waals surface area contributed by atoms with E-state index in [9.17, 15) is 13.2 Å². The molecule has 1 aliphatic heterocycles. The molecule has 2 rings (SSSR count). The molecule has 1 aliphatic rings. The van der Waals surface area contributed by atoms with Crippen LogP contribution in [0.15, 0.2) is 9.52 Å². The summed E-state index contributed by atoms with van der Waals surface area (Å²) in [7, 11) is 0. The van der Waals surface area contributed by atoms with Gasteiger partial charge in [0.2, 0.25) is 5.89 Å². The van der Waals surface area contributed by atoms with Crippen molar-refractivity contribution in [2.24, 2.45) is 4.99 Å². The second kappa shape index (κ2) is 9.39. The van der Waals surface area contributed by atoms with Crippen LogP contribution >= 0.6 is 24.0 Å². The van der Waals surface area contributed by atoms with E-state index in [1.807, 2.05) is 6.92 Å². The average molecular weight is 462 g/mol. The summed E-state index contributed by atoms with van der Waals surface area (Å²) in [5, 5.41) is 9.97. The van der Waals surface area contributed by atoms with Crippen molar-refractivity contribution in [1.29, 1.82) is 0 Å². The number of halogens is 4. The Labute approximate surface area is 155 Å². The lowest BCUT2D eigenvalue weighted by molar-refractivity contribution is -0.143. The van der Waals surface area contributed by atoms with Gasteiger partial charge in [-0.1, -0.05) is 5.16 Å². The van der Waals surface area contributed by atoms with Crippen molar-refractivity contribution in [3.05, 3.63) is 11.7 Å². The molecular formula is C13H22F3IN6O. The number of aryl methyl sites for hydroxylation is 1. The minimum atomic E-state index is -4.16. The molecule has 2 N–H and O–H groups in total. The van der Waals surface area contributed by atoms with Gasteiger partial charge in [0, 0.05) is 32.6 Å². The second-order valence-electron chi connectivity index (χ2n) is 5.41. The Balaban J connectivity index is 0.00000288. The van der Waals surface area contributed by atoms with Crippen molar-refractivity contribution in [3.8, 4) is 0 Å². The molecule has 1 unspecified atom stereocenters. The summed E-state index contributed by atoms with van der Waals surface area (Å²) in [6, 6.07) is -0.0674. The molecule has 24 heavy (non-hydrogen) atoms. The fraction of sp³-hybridized carbons (Fsp3) is 0.769. The molecule has 138 valence electrons. The molecule has 1 aromatic heterocycles. The van der Waals surface area contributed by atoms with Gasteiger partial charge in [0.25, 0.3) is 0 Å². The standard InChI is InChI=1S/C13H21F3N6O.HI/c1-3-17-12(18-6-11-19-9(2)23-21-11)20-10-4-5-22(7-10)8-13(14,15)16;/h10H,3-8H2,1-2H3,(H2,17,18,20);1H. The number of guanidine groups is 1. The first-order chi connectivity index (χ1) is 10.9. The maximum atomic E-state index is 12.4. The van der Waals surface area contributed by atoms with E-state index in [0.29, 0.717) is 43.7 Å². The van der Waals surface area contributed by atoms with Crippen molar-refractivity contribution in [1.82, 2.24) is 25.7 Å². The third-order valence-electron chi connectivity index (χ3n) is 3.31. The maximum Gasteiger partial charge on any atom is 0.401 e. The molecule has 1 saturated heterocycles. The topological polar surface area (TPSA) is 78.6 Å².